The zero-order chi connectivity index (χ0) is 23.8. The van der Waals surface area contributed by atoms with Crippen molar-refractivity contribution in [3.63, 3.8) is 0 Å². The van der Waals surface area contributed by atoms with E-state index in [2.05, 4.69) is 33.2 Å². The van der Waals surface area contributed by atoms with Crippen molar-refractivity contribution in [3.05, 3.63) is 124 Å². The lowest BCUT2D eigenvalue weighted by Gasteiger charge is -2.18. The molecule has 6 heteroatoms. The van der Waals surface area contributed by atoms with Crippen LogP contribution in [0.25, 0.3) is 0 Å². The highest BCUT2D eigenvalue weighted by Gasteiger charge is 2.22. The maximum absolute atomic E-state index is 13.3. The fourth-order valence-corrected chi connectivity index (χ4v) is 4.85. The average Bonchev–Trinajstić information content (AvgIpc) is 2.85. The van der Waals surface area contributed by atoms with Gasteiger partial charge in [-0.15, -0.1) is 11.8 Å². The first-order valence-electron chi connectivity index (χ1n) is 10.8. The van der Waals surface area contributed by atoms with Gasteiger partial charge < -0.3 is 10.6 Å². The Labute approximate surface area is 217 Å². The quantitative estimate of drug-likeness (QED) is 0.176. The van der Waals surface area contributed by atoms with Crippen LogP contribution in [0.15, 0.2) is 114 Å². The predicted molar refractivity (Wildman–Crippen MR) is 148 cm³/mol. The van der Waals surface area contributed by atoms with Crippen molar-refractivity contribution >= 4 is 57.5 Å². The number of anilines is 2. The van der Waals surface area contributed by atoms with E-state index < -0.39 is 5.25 Å². The molecule has 0 saturated carbocycles. The minimum atomic E-state index is -0.448. The van der Waals surface area contributed by atoms with Gasteiger partial charge in [-0.1, -0.05) is 66.7 Å². The SMILES string of the molecule is O=C(Cc1ccccc1)Nc1cccc(SC(C(=O)Nc2ccc(I)cc2)c2ccccc2)c1. The predicted octanol–water partition coefficient (Wildman–Crippen LogP) is 6.94. The highest BCUT2D eigenvalue weighted by molar-refractivity contribution is 14.1. The third-order valence-corrected chi connectivity index (χ3v) is 7.00. The van der Waals surface area contributed by atoms with E-state index in [4.69, 9.17) is 0 Å². The van der Waals surface area contributed by atoms with E-state index in [0.717, 1.165) is 25.3 Å². The number of carbonyl (C=O) groups excluding carboxylic acids is 2. The maximum atomic E-state index is 13.3. The smallest absolute Gasteiger partial charge is 0.242 e. The van der Waals surface area contributed by atoms with E-state index in [1.54, 1.807) is 0 Å². The van der Waals surface area contributed by atoms with Crippen molar-refractivity contribution in [1.82, 2.24) is 0 Å². The first-order valence-corrected chi connectivity index (χ1v) is 12.7. The van der Waals surface area contributed by atoms with Gasteiger partial charge in [0.1, 0.15) is 5.25 Å². The Balaban J connectivity index is 1.49. The number of hydrogen-bond donors (Lipinski definition) is 2. The molecule has 0 heterocycles. The van der Waals surface area contributed by atoms with E-state index >= 15 is 0 Å². The molecule has 2 N–H and O–H groups in total. The number of amides is 2. The van der Waals surface area contributed by atoms with E-state index in [-0.39, 0.29) is 11.8 Å². The normalized spacial score (nSPS) is 11.4. The van der Waals surface area contributed by atoms with Crippen LogP contribution in [0.1, 0.15) is 16.4 Å². The van der Waals surface area contributed by atoms with Crippen molar-refractivity contribution < 1.29 is 9.59 Å². The van der Waals surface area contributed by atoms with Crippen molar-refractivity contribution in [2.45, 2.75) is 16.6 Å². The zero-order valence-electron chi connectivity index (χ0n) is 18.3. The Hall–Kier alpha value is -3.10. The molecule has 0 radical (unpaired) electrons. The molecule has 4 rings (SSSR count). The van der Waals surface area contributed by atoms with Crippen molar-refractivity contribution in [3.8, 4) is 0 Å². The number of hydrogen-bond acceptors (Lipinski definition) is 3. The van der Waals surface area contributed by atoms with E-state index in [0.29, 0.717) is 12.1 Å². The molecule has 0 saturated heterocycles. The molecule has 0 aliphatic rings. The highest BCUT2D eigenvalue weighted by atomic mass is 127. The molecule has 0 aromatic heterocycles. The largest absolute Gasteiger partial charge is 0.326 e. The molecule has 34 heavy (non-hydrogen) atoms. The molecule has 2 amide bonds. The lowest BCUT2D eigenvalue weighted by Crippen LogP contribution is -2.19. The molecule has 0 fully saturated rings. The number of nitrogens with one attached hydrogen (secondary N) is 2. The summed E-state index contributed by atoms with van der Waals surface area (Å²) in [6.45, 7) is 0. The Morgan fingerprint density at radius 2 is 1.41 bits per heavy atom. The topological polar surface area (TPSA) is 58.2 Å². The van der Waals surface area contributed by atoms with Crippen molar-refractivity contribution in [1.29, 1.82) is 0 Å². The van der Waals surface area contributed by atoms with Crippen molar-refractivity contribution in [2.75, 3.05) is 10.6 Å². The highest BCUT2D eigenvalue weighted by Crippen LogP contribution is 2.37. The second-order valence-electron chi connectivity index (χ2n) is 7.64. The third kappa shape index (κ3) is 6.95. The Morgan fingerprint density at radius 1 is 0.735 bits per heavy atom. The van der Waals surface area contributed by atoms with Crippen LogP contribution in [-0.4, -0.2) is 11.8 Å². The van der Waals surface area contributed by atoms with Gasteiger partial charge >= 0.3 is 0 Å². The Bertz CT molecular complexity index is 1250. The van der Waals surface area contributed by atoms with Gasteiger partial charge in [-0.25, -0.2) is 0 Å². The summed E-state index contributed by atoms with van der Waals surface area (Å²) in [6.07, 6.45) is 0.309. The number of halogens is 1. The molecule has 4 aromatic rings. The first kappa shape index (κ1) is 24.0. The maximum Gasteiger partial charge on any atom is 0.242 e. The van der Waals surface area contributed by atoms with Gasteiger partial charge in [0.2, 0.25) is 11.8 Å². The molecular formula is C28H23IN2O2S. The van der Waals surface area contributed by atoms with Crippen LogP contribution >= 0.6 is 34.4 Å². The summed E-state index contributed by atoms with van der Waals surface area (Å²) < 4.78 is 1.11. The van der Waals surface area contributed by atoms with Gasteiger partial charge in [-0.3, -0.25) is 9.59 Å². The van der Waals surface area contributed by atoms with Crippen LogP contribution in [-0.2, 0) is 16.0 Å². The van der Waals surface area contributed by atoms with Crippen LogP contribution in [0.3, 0.4) is 0 Å². The summed E-state index contributed by atoms with van der Waals surface area (Å²) in [5, 5.41) is 5.55. The molecule has 0 aliphatic heterocycles. The lowest BCUT2D eigenvalue weighted by molar-refractivity contribution is -0.116. The molecule has 0 aliphatic carbocycles. The first-order chi connectivity index (χ1) is 16.6. The van der Waals surface area contributed by atoms with Gasteiger partial charge in [0.15, 0.2) is 0 Å². The summed E-state index contributed by atoms with van der Waals surface area (Å²) in [7, 11) is 0. The van der Waals surface area contributed by atoms with Crippen LogP contribution in [0.5, 0.6) is 0 Å². The summed E-state index contributed by atoms with van der Waals surface area (Å²) in [5.74, 6) is -0.180. The minimum absolute atomic E-state index is 0.0792. The van der Waals surface area contributed by atoms with E-state index in [1.165, 1.54) is 11.8 Å². The van der Waals surface area contributed by atoms with Gasteiger partial charge in [-0.2, -0.15) is 0 Å². The fourth-order valence-electron chi connectivity index (χ4n) is 3.41. The molecule has 4 nitrogen and oxygen atoms in total. The van der Waals surface area contributed by atoms with Crippen LogP contribution in [0.4, 0.5) is 11.4 Å². The number of thioether (sulfide) groups is 1. The second-order valence-corrected chi connectivity index (χ2v) is 10.1. The van der Waals surface area contributed by atoms with Gasteiger partial charge in [-0.05, 0) is 76.2 Å². The molecule has 4 aromatic carbocycles. The van der Waals surface area contributed by atoms with Crippen molar-refractivity contribution in [2.24, 2.45) is 0 Å². The second kappa shape index (κ2) is 11.9. The lowest BCUT2D eigenvalue weighted by atomic mass is 10.1. The Morgan fingerprint density at radius 3 is 2.12 bits per heavy atom. The van der Waals surface area contributed by atoms with Gasteiger partial charge in [0, 0.05) is 19.8 Å². The molecule has 0 bridgehead atoms. The molecular weight excluding hydrogens is 555 g/mol. The van der Waals surface area contributed by atoms with E-state index in [1.807, 2.05) is 109 Å². The van der Waals surface area contributed by atoms with Crippen LogP contribution in [0, 0.1) is 3.57 Å². The van der Waals surface area contributed by atoms with Crippen LogP contribution in [0.2, 0.25) is 0 Å². The summed E-state index contributed by atoms with van der Waals surface area (Å²) in [4.78, 5) is 26.6. The standard InChI is InChI=1S/C28H23IN2O2S/c29-22-14-16-23(17-15-22)31-28(33)27(21-10-5-2-6-11-21)34-25-13-7-12-24(19-25)30-26(32)18-20-8-3-1-4-9-20/h1-17,19,27H,18H2,(H,30,32)(H,31,33). The summed E-state index contributed by atoms with van der Waals surface area (Å²) in [5.41, 5.74) is 3.33. The number of rotatable bonds is 8. The minimum Gasteiger partial charge on any atom is -0.326 e. The fraction of sp³-hybridized carbons (Fsp3) is 0.0714. The molecule has 1 unspecified atom stereocenters. The summed E-state index contributed by atoms with van der Waals surface area (Å²) in [6, 6.07) is 34.7. The van der Waals surface area contributed by atoms with Gasteiger partial charge in [0.05, 0.1) is 6.42 Å². The average molecular weight is 578 g/mol. The van der Waals surface area contributed by atoms with E-state index in [9.17, 15) is 9.59 Å². The monoisotopic (exact) mass is 578 g/mol. The molecule has 0 spiro atoms. The number of carbonyl (C=O) groups is 2. The Kier molecular flexibility index (Phi) is 8.38. The molecule has 170 valence electrons. The number of benzene rings is 4. The zero-order valence-corrected chi connectivity index (χ0v) is 21.3. The van der Waals surface area contributed by atoms with Crippen LogP contribution < -0.4 is 10.6 Å². The third-order valence-electron chi connectivity index (χ3n) is 5.03. The summed E-state index contributed by atoms with van der Waals surface area (Å²) >= 11 is 3.69. The molecule has 1 atom stereocenters. The van der Waals surface area contributed by atoms with Gasteiger partial charge in [0.25, 0.3) is 0 Å².